The van der Waals surface area contributed by atoms with Crippen LogP contribution in [0, 0.1) is 0 Å². The molecule has 0 radical (unpaired) electrons. The van der Waals surface area contributed by atoms with Gasteiger partial charge in [-0.1, -0.05) is 30.7 Å². The molecule has 0 aliphatic carbocycles. The lowest BCUT2D eigenvalue weighted by Gasteiger charge is -2.33. The molecular weight excluding hydrogens is 386 g/mol. The van der Waals surface area contributed by atoms with E-state index in [1.807, 2.05) is 18.2 Å². The van der Waals surface area contributed by atoms with Crippen LogP contribution in [-0.2, 0) is 9.53 Å². The number of anilines is 1. The minimum Gasteiger partial charge on any atom is -0.465 e. The molecule has 29 heavy (non-hydrogen) atoms. The molecule has 4 rings (SSSR count). The van der Waals surface area contributed by atoms with Gasteiger partial charge in [-0.15, -0.1) is 11.3 Å². The maximum atomic E-state index is 12.8. The van der Waals surface area contributed by atoms with Gasteiger partial charge in [0.15, 0.2) is 0 Å². The van der Waals surface area contributed by atoms with Crippen molar-refractivity contribution in [2.45, 2.75) is 25.3 Å². The number of nitrogens with one attached hydrogen (secondary N) is 1. The van der Waals surface area contributed by atoms with E-state index >= 15 is 0 Å². The van der Waals surface area contributed by atoms with Crippen molar-refractivity contribution in [2.75, 3.05) is 25.5 Å². The van der Waals surface area contributed by atoms with E-state index in [2.05, 4.69) is 16.3 Å². The number of amides is 1. The Bertz CT molecular complexity index is 1000. The van der Waals surface area contributed by atoms with E-state index in [-0.39, 0.29) is 18.5 Å². The number of piperidine rings is 1. The first kappa shape index (κ1) is 19.5. The van der Waals surface area contributed by atoms with Crippen LogP contribution < -0.4 is 5.32 Å². The number of thiazole rings is 1. The molecule has 1 aliphatic heterocycles. The second-order valence-corrected chi connectivity index (χ2v) is 8.15. The van der Waals surface area contributed by atoms with Crippen LogP contribution >= 0.6 is 11.3 Å². The third-order valence-corrected chi connectivity index (χ3v) is 6.30. The molecule has 0 bridgehead atoms. The molecule has 0 unspecified atom stereocenters. The van der Waals surface area contributed by atoms with Gasteiger partial charge >= 0.3 is 5.97 Å². The Morgan fingerprint density at radius 1 is 1.17 bits per heavy atom. The topological polar surface area (TPSA) is 71.5 Å². The average Bonchev–Trinajstić information content (AvgIpc) is 3.18. The van der Waals surface area contributed by atoms with Gasteiger partial charge in [0.25, 0.3) is 0 Å². The van der Waals surface area contributed by atoms with Crippen molar-refractivity contribution in [2.24, 2.45) is 0 Å². The van der Waals surface area contributed by atoms with Crippen molar-refractivity contribution >= 4 is 39.1 Å². The van der Waals surface area contributed by atoms with Crippen molar-refractivity contribution in [3.8, 4) is 0 Å². The highest BCUT2D eigenvalue weighted by molar-refractivity contribution is 7.18. The monoisotopic (exact) mass is 409 g/mol. The van der Waals surface area contributed by atoms with Crippen LogP contribution in [-0.4, -0.2) is 42.0 Å². The van der Waals surface area contributed by atoms with Gasteiger partial charge in [-0.2, -0.15) is 0 Å². The van der Waals surface area contributed by atoms with Crippen LogP contribution in [0.15, 0.2) is 48.5 Å². The predicted molar refractivity (Wildman–Crippen MR) is 114 cm³/mol. The lowest BCUT2D eigenvalue weighted by Crippen LogP contribution is -2.39. The molecule has 6 nitrogen and oxygen atoms in total. The molecule has 7 heteroatoms. The summed E-state index contributed by atoms with van der Waals surface area (Å²) in [6.07, 6.45) is 3.18. The fourth-order valence-electron chi connectivity index (χ4n) is 3.75. The predicted octanol–water partition coefficient (Wildman–Crippen LogP) is 4.25. The molecule has 3 aromatic rings. The smallest absolute Gasteiger partial charge is 0.339 e. The molecule has 1 atom stereocenters. The molecule has 0 spiro atoms. The van der Waals surface area contributed by atoms with Gasteiger partial charge in [0, 0.05) is 0 Å². The number of rotatable bonds is 5. The number of nitrogens with zero attached hydrogens (tertiary/aromatic N) is 2. The van der Waals surface area contributed by atoms with Gasteiger partial charge in [0.1, 0.15) is 5.01 Å². The van der Waals surface area contributed by atoms with Gasteiger partial charge in [0.05, 0.1) is 41.2 Å². The van der Waals surface area contributed by atoms with Crippen molar-refractivity contribution in [3.05, 3.63) is 59.1 Å². The molecular formula is C22H23N3O3S. The van der Waals surface area contributed by atoms with E-state index in [9.17, 15) is 9.59 Å². The second-order valence-electron chi connectivity index (χ2n) is 7.09. The highest BCUT2D eigenvalue weighted by Gasteiger charge is 2.28. The summed E-state index contributed by atoms with van der Waals surface area (Å²) in [5, 5.41) is 3.94. The van der Waals surface area contributed by atoms with E-state index < -0.39 is 5.97 Å². The number of ether oxygens (including phenoxy) is 1. The van der Waals surface area contributed by atoms with E-state index in [0.29, 0.717) is 11.3 Å². The Hall–Kier alpha value is -2.77. The summed E-state index contributed by atoms with van der Waals surface area (Å²) in [6, 6.07) is 15.2. The van der Waals surface area contributed by atoms with Gasteiger partial charge < -0.3 is 10.1 Å². The van der Waals surface area contributed by atoms with E-state index in [1.54, 1.807) is 35.6 Å². The third-order valence-electron chi connectivity index (χ3n) is 5.16. The average molecular weight is 410 g/mol. The van der Waals surface area contributed by atoms with Crippen LogP contribution in [0.5, 0.6) is 0 Å². The summed E-state index contributed by atoms with van der Waals surface area (Å²) in [5.41, 5.74) is 1.83. The molecule has 1 N–H and O–H groups in total. The second kappa shape index (κ2) is 8.71. The maximum Gasteiger partial charge on any atom is 0.339 e. The number of hydrogen-bond donors (Lipinski definition) is 1. The van der Waals surface area contributed by atoms with Crippen LogP contribution in [0.25, 0.3) is 10.2 Å². The summed E-state index contributed by atoms with van der Waals surface area (Å²) in [4.78, 5) is 31.7. The van der Waals surface area contributed by atoms with Crippen molar-refractivity contribution in [3.63, 3.8) is 0 Å². The van der Waals surface area contributed by atoms with Gasteiger partial charge in [0.2, 0.25) is 5.91 Å². The Balaban J connectivity index is 1.50. The van der Waals surface area contributed by atoms with E-state index in [0.717, 1.165) is 36.3 Å². The molecule has 1 aliphatic rings. The van der Waals surface area contributed by atoms with E-state index in [1.165, 1.54) is 11.8 Å². The zero-order chi connectivity index (χ0) is 20.2. The highest BCUT2D eigenvalue weighted by atomic mass is 32.1. The number of hydrogen-bond acceptors (Lipinski definition) is 6. The molecule has 1 fully saturated rings. The molecule has 1 amide bonds. The standard InChI is InChI=1S/C22H23N3O3S/c1-28-22(27)15-8-2-3-9-16(15)23-20(26)14-25-13-7-6-11-18(25)21-24-17-10-4-5-12-19(17)29-21/h2-5,8-10,12,18H,6-7,11,13-14H2,1H3,(H,23,26)/t18-/m0/s1. The summed E-state index contributed by atoms with van der Waals surface area (Å²) in [7, 11) is 1.33. The summed E-state index contributed by atoms with van der Waals surface area (Å²) in [5.74, 6) is -0.611. The number of methoxy groups -OCH3 is 1. The lowest BCUT2D eigenvalue weighted by molar-refractivity contribution is -0.118. The maximum absolute atomic E-state index is 12.8. The first-order chi connectivity index (χ1) is 14.2. The number of fused-ring (bicyclic) bond motifs is 1. The fraction of sp³-hybridized carbons (Fsp3) is 0.318. The first-order valence-electron chi connectivity index (χ1n) is 9.72. The van der Waals surface area contributed by atoms with Gasteiger partial charge in [-0.05, 0) is 43.7 Å². The number of aromatic nitrogens is 1. The van der Waals surface area contributed by atoms with E-state index in [4.69, 9.17) is 9.72 Å². The molecule has 1 aromatic heterocycles. The number of likely N-dealkylation sites (tertiary alicyclic amines) is 1. The largest absolute Gasteiger partial charge is 0.465 e. The Morgan fingerprint density at radius 2 is 1.97 bits per heavy atom. The molecule has 150 valence electrons. The third kappa shape index (κ3) is 4.31. The molecule has 0 saturated carbocycles. The fourth-order valence-corrected chi connectivity index (χ4v) is 4.88. The Kier molecular flexibility index (Phi) is 5.87. The molecule has 1 saturated heterocycles. The quantitative estimate of drug-likeness (QED) is 0.638. The lowest BCUT2D eigenvalue weighted by atomic mass is 10.0. The summed E-state index contributed by atoms with van der Waals surface area (Å²) >= 11 is 1.70. The minimum atomic E-state index is -0.466. The Labute approximate surface area is 173 Å². The van der Waals surface area contributed by atoms with Gasteiger partial charge in [-0.25, -0.2) is 9.78 Å². The molecule has 2 heterocycles. The number of carbonyl (C=O) groups is 2. The normalized spacial score (nSPS) is 17.2. The number of para-hydroxylation sites is 2. The van der Waals surface area contributed by atoms with Crippen molar-refractivity contribution < 1.29 is 14.3 Å². The van der Waals surface area contributed by atoms with Gasteiger partial charge in [-0.3, -0.25) is 9.69 Å². The number of carbonyl (C=O) groups excluding carboxylic acids is 2. The van der Waals surface area contributed by atoms with Crippen LogP contribution in [0.3, 0.4) is 0 Å². The number of esters is 1. The van der Waals surface area contributed by atoms with Crippen molar-refractivity contribution in [1.29, 1.82) is 0 Å². The zero-order valence-electron chi connectivity index (χ0n) is 16.3. The Morgan fingerprint density at radius 3 is 2.79 bits per heavy atom. The minimum absolute atomic E-state index is 0.141. The summed E-state index contributed by atoms with van der Waals surface area (Å²) < 4.78 is 5.98. The van der Waals surface area contributed by atoms with Crippen LogP contribution in [0.4, 0.5) is 5.69 Å². The van der Waals surface area contributed by atoms with Crippen molar-refractivity contribution in [1.82, 2.24) is 9.88 Å². The SMILES string of the molecule is COC(=O)c1ccccc1NC(=O)CN1CCCC[C@H]1c1nc2ccccc2s1. The van der Waals surface area contributed by atoms with Crippen LogP contribution in [0.2, 0.25) is 0 Å². The first-order valence-corrected chi connectivity index (χ1v) is 10.5. The molecule has 2 aromatic carbocycles. The number of benzene rings is 2. The summed E-state index contributed by atoms with van der Waals surface area (Å²) in [6.45, 7) is 1.11. The highest BCUT2D eigenvalue weighted by Crippen LogP contribution is 2.35. The zero-order valence-corrected chi connectivity index (χ0v) is 17.1. The van der Waals surface area contributed by atoms with Crippen LogP contribution in [0.1, 0.15) is 40.7 Å².